The predicted octanol–water partition coefficient (Wildman–Crippen LogP) is 2.20. The number of hydrogen-bond acceptors (Lipinski definition) is 4. The van der Waals surface area contributed by atoms with Crippen LogP contribution in [0.5, 0.6) is 5.75 Å². The number of hydrogen-bond donors (Lipinski definition) is 0. The Morgan fingerprint density at radius 2 is 2.10 bits per heavy atom. The second kappa shape index (κ2) is 5.85. The zero-order valence-electron chi connectivity index (χ0n) is 11.2. The third kappa shape index (κ3) is 3.52. The Kier molecular flexibility index (Phi) is 4.35. The lowest BCUT2D eigenvalue weighted by molar-refractivity contribution is 0.414. The fourth-order valence-electron chi connectivity index (χ4n) is 1.79. The second-order valence-electron chi connectivity index (χ2n) is 4.44. The molecule has 0 bridgehead atoms. The molecular weight excluding hydrogens is 300 g/mol. The molecule has 2 aromatic rings. The Hall–Kier alpha value is -1.53. The number of rotatable bonds is 5. The Balaban J connectivity index is 2.18. The topological polar surface area (TPSA) is 61.2 Å². The SMILES string of the molecule is COc1ccc(CS(=O)(=O)Cc2nccn2C)c(Cl)c1. The fourth-order valence-corrected chi connectivity index (χ4v) is 3.61. The summed E-state index contributed by atoms with van der Waals surface area (Å²) in [7, 11) is -0.0377. The molecule has 0 N–H and O–H groups in total. The first-order valence-corrected chi connectivity index (χ1v) is 8.10. The van der Waals surface area contributed by atoms with E-state index in [9.17, 15) is 8.42 Å². The summed E-state index contributed by atoms with van der Waals surface area (Å²) in [6.07, 6.45) is 3.29. The molecular formula is C13H15ClN2O3S. The van der Waals surface area contributed by atoms with E-state index in [0.717, 1.165) is 0 Å². The van der Waals surface area contributed by atoms with Gasteiger partial charge in [0.15, 0.2) is 9.84 Å². The van der Waals surface area contributed by atoms with Crippen LogP contribution in [0.2, 0.25) is 5.02 Å². The van der Waals surface area contributed by atoms with Gasteiger partial charge in [-0.15, -0.1) is 0 Å². The van der Waals surface area contributed by atoms with Crippen molar-refractivity contribution in [1.82, 2.24) is 9.55 Å². The molecule has 0 aliphatic heterocycles. The summed E-state index contributed by atoms with van der Waals surface area (Å²) >= 11 is 6.06. The van der Waals surface area contributed by atoms with Gasteiger partial charge in [-0.25, -0.2) is 13.4 Å². The number of aromatic nitrogens is 2. The molecule has 0 saturated heterocycles. The maximum atomic E-state index is 12.2. The van der Waals surface area contributed by atoms with E-state index in [-0.39, 0.29) is 11.5 Å². The molecule has 7 heteroatoms. The van der Waals surface area contributed by atoms with Gasteiger partial charge in [0, 0.05) is 24.5 Å². The molecule has 0 unspecified atom stereocenters. The Morgan fingerprint density at radius 3 is 2.65 bits per heavy atom. The van der Waals surface area contributed by atoms with Crippen molar-refractivity contribution in [3.8, 4) is 5.75 Å². The van der Waals surface area contributed by atoms with Gasteiger partial charge < -0.3 is 9.30 Å². The maximum Gasteiger partial charge on any atom is 0.161 e. The van der Waals surface area contributed by atoms with Crippen LogP contribution in [0.4, 0.5) is 0 Å². The summed E-state index contributed by atoms with van der Waals surface area (Å²) < 4.78 is 31.1. The average molecular weight is 315 g/mol. The predicted molar refractivity (Wildman–Crippen MR) is 77.5 cm³/mol. The highest BCUT2D eigenvalue weighted by Gasteiger charge is 2.17. The zero-order valence-corrected chi connectivity index (χ0v) is 12.8. The molecule has 5 nitrogen and oxygen atoms in total. The first kappa shape index (κ1) is 14.9. The molecule has 0 aliphatic rings. The highest BCUT2D eigenvalue weighted by atomic mass is 35.5. The Bertz CT molecular complexity index is 710. The molecule has 2 rings (SSSR count). The number of methoxy groups -OCH3 is 1. The Labute approximate surface area is 123 Å². The molecule has 0 spiro atoms. The van der Waals surface area contributed by atoms with Crippen LogP contribution in [-0.4, -0.2) is 25.1 Å². The van der Waals surface area contributed by atoms with Crippen LogP contribution < -0.4 is 4.74 Å². The number of halogens is 1. The minimum absolute atomic E-state index is 0.112. The minimum Gasteiger partial charge on any atom is -0.497 e. The first-order valence-electron chi connectivity index (χ1n) is 5.90. The number of benzene rings is 1. The van der Waals surface area contributed by atoms with Crippen molar-refractivity contribution in [2.75, 3.05) is 7.11 Å². The monoisotopic (exact) mass is 314 g/mol. The van der Waals surface area contributed by atoms with Gasteiger partial charge in [-0.2, -0.15) is 0 Å². The summed E-state index contributed by atoms with van der Waals surface area (Å²) in [5.74, 6) is 0.872. The Morgan fingerprint density at radius 1 is 1.35 bits per heavy atom. The van der Waals surface area contributed by atoms with E-state index in [0.29, 0.717) is 22.2 Å². The van der Waals surface area contributed by atoms with Crippen molar-refractivity contribution in [2.24, 2.45) is 7.05 Å². The fraction of sp³-hybridized carbons (Fsp3) is 0.308. The normalized spacial score (nSPS) is 11.6. The summed E-state index contributed by atoms with van der Waals surface area (Å²) in [6.45, 7) is 0. The van der Waals surface area contributed by atoms with Crippen LogP contribution >= 0.6 is 11.6 Å². The van der Waals surface area contributed by atoms with Crippen molar-refractivity contribution < 1.29 is 13.2 Å². The molecule has 0 amide bonds. The third-order valence-electron chi connectivity index (χ3n) is 2.91. The van der Waals surface area contributed by atoms with E-state index in [1.807, 2.05) is 0 Å². The van der Waals surface area contributed by atoms with Crippen molar-refractivity contribution in [3.63, 3.8) is 0 Å². The molecule has 1 aromatic carbocycles. The quantitative estimate of drug-likeness (QED) is 0.849. The van der Waals surface area contributed by atoms with Crippen LogP contribution in [0.1, 0.15) is 11.4 Å². The first-order chi connectivity index (χ1) is 9.41. The zero-order chi connectivity index (χ0) is 14.8. The van der Waals surface area contributed by atoms with Crippen LogP contribution in [-0.2, 0) is 28.4 Å². The summed E-state index contributed by atoms with van der Waals surface area (Å²) in [5.41, 5.74) is 0.557. The largest absolute Gasteiger partial charge is 0.497 e. The second-order valence-corrected chi connectivity index (χ2v) is 6.92. The van der Waals surface area contributed by atoms with Gasteiger partial charge in [0.1, 0.15) is 17.3 Å². The van der Waals surface area contributed by atoms with Crippen LogP contribution in [0.15, 0.2) is 30.6 Å². The van der Waals surface area contributed by atoms with Crippen LogP contribution in [0.3, 0.4) is 0 Å². The number of aryl methyl sites for hydroxylation is 1. The molecule has 1 heterocycles. The smallest absolute Gasteiger partial charge is 0.161 e. The van der Waals surface area contributed by atoms with E-state index in [1.165, 1.54) is 7.11 Å². The van der Waals surface area contributed by atoms with Gasteiger partial charge >= 0.3 is 0 Å². The standard InChI is InChI=1S/C13H15ClN2O3S/c1-16-6-5-15-13(16)9-20(17,18)8-10-3-4-11(19-2)7-12(10)14/h3-7H,8-9H2,1-2H3. The van der Waals surface area contributed by atoms with Crippen LogP contribution in [0, 0.1) is 0 Å². The van der Waals surface area contributed by atoms with Gasteiger partial charge in [-0.1, -0.05) is 17.7 Å². The van der Waals surface area contributed by atoms with Gasteiger partial charge in [-0.3, -0.25) is 0 Å². The lowest BCUT2D eigenvalue weighted by atomic mass is 10.2. The van der Waals surface area contributed by atoms with Gasteiger partial charge in [0.25, 0.3) is 0 Å². The van der Waals surface area contributed by atoms with E-state index >= 15 is 0 Å². The highest BCUT2D eigenvalue weighted by Crippen LogP contribution is 2.24. The number of sulfone groups is 1. The summed E-state index contributed by atoms with van der Waals surface area (Å²) in [4.78, 5) is 4.02. The molecule has 0 aliphatic carbocycles. The van der Waals surface area contributed by atoms with Crippen LogP contribution in [0.25, 0.3) is 0 Å². The molecule has 20 heavy (non-hydrogen) atoms. The highest BCUT2D eigenvalue weighted by molar-refractivity contribution is 7.89. The van der Waals surface area contributed by atoms with E-state index < -0.39 is 9.84 Å². The number of nitrogens with zero attached hydrogens (tertiary/aromatic N) is 2. The van der Waals surface area contributed by atoms with Crippen molar-refractivity contribution in [1.29, 1.82) is 0 Å². The van der Waals surface area contributed by atoms with E-state index in [2.05, 4.69) is 4.98 Å². The van der Waals surface area contributed by atoms with E-state index in [1.54, 1.807) is 42.2 Å². The third-order valence-corrected chi connectivity index (χ3v) is 4.71. The van der Waals surface area contributed by atoms with E-state index in [4.69, 9.17) is 16.3 Å². The van der Waals surface area contributed by atoms with Crippen molar-refractivity contribution in [3.05, 3.63) is 47.0 Å². The maximum absolute atomic E-state index is 12.2. The molecule has 0 saturated carbocycles. The number of ether oxygens (including phenoxy) is 1. The molecule has 0 radical (unpaired) electrons. The minimum atomic E-state index is -3.33. The molecule has 0 atom stereocenters. The lowest BCUT2D eigenvalue weighted by Gasteiger charge is -2.08. The van der Waals surface area contributed by atoms with Crippen molar-refractivity contribution in [2.45, 2.75) is 11.5 Å². The number of imidazole rings is 1. The summed E-state index contributed by atoms with van der Waals surface area (Å²) in [5, 5.41) is 0.382. The van der Waals surface area contributed by atoms with Gasteiger partial charge in [-0.05, 0) is 17.7 Å². The molecule has 1 aromatic heterocycles. The molecule has 108 valence electrons. The van der Waals surface area contributed by atoms with Crippen molar-refractivity contribution >= 4 is 21.4 Å². The molecule has 0 fully saturated rings. The average Bonchev–Trinajstić information content (AvgIpc) is 2.76. The van der Waals surface area contributed by atoms with Gasteiger partial charge in [0.2, 0.25) is 0 Å². The van der Waals surface area contributed by atoms with Gasteiger partial charge in [0.05, 0.1) is 12.9 Å². The lowest BCUT2D eigenvalue weighted by Crippen LogP contribution is -2.11. The summed E-state index contributed by atoms with van der Waals surface area (Å²) in [6, 6.07) is 4.96.